The van der Waals surface area contributed by atoms with Gasteiger partial charge in [-0.25, -0.2) is 0 Å². The number of ether oxygens (including phenoxy) is 1. The number of para-hydroxylation sites is 1. The minimum atomic E-state index is -0.960. The van der Waals surface area contributed by atoms with E-state index in [2.05, 4.69) is 0 Å². The van der Waals surface area contributed by atoms with Crippen LogP contribution in [0.1, 0.15) is 5.56 Å². The number of hydrogen-bond acceptors (Lipinski definition) is 3. The van der Waals surface area contributed by atoms with Crippen molar-refractivity contribution in [2.24, 2.45) is 11.8 Å². The second-order valence-electron chi connectivity index (χ2n) is 5.71. The first-order chi connectivity index (χ1) is 10.2. The molecule has 4 rings (SSSR count). The second-order valence-corrected chi connectivity index (χ2v) is 5.71. The standard InChI is InChI=1S/C16H15NO4/c18-15(17-8-7-9-3-1-2-4-10(9)17)13-11-5-6-12(21-11)14(13)16(19)20/h1-6,11-14H,7-8H2,(H,19,20)/t11-,12+,13+,14-/m1/s1. The zero-order valence-electron chi connectivity index (χ0n) is 11.3. The van der Waals surface area contributed by atoms with Crippen LogP contribution >= 0.6 is 0 Å². The molecule has 108 valence electrons. The third-order valence-electron chi connectivity index (χ3n) is 4.62. The van der Waals surface area contributed by atoms with Crippen LogP contribution in [0.5, 0.6) is 0 Å². The largest absolute Gasteiger partial charge is 0.481 e. The second kappa shape index (κ2) is 4.43. The SMILES string of the molecule is O=C(O)[C@H]1[C@@H](C(=O)N2CCc3ccccc32)[C@H]2C=C[C@@H]1O2. The number of aliphatic carboxylic acids is 1. The highest BCUT2D eigenvalue weighted by Crippen LogP contribution is 2.42. The summed E-state index contributed by atoms with van der Waals surface area (Å²) in [4.78, 5) is 26.1. The van der Waals surface area contributed by atoms with Crippen molar-refractivity contribution in [1.29, 1.82) is 0 Å². The van der Waals surface area contributed by atoms with Gasteiger partial charge in [0.05, 0.1) is 18.1 Å². The summed E-state index contributed by atoms with van der Waals surface area (Å²) in [6, 6.07) is 7.78. The van der Waals surface area contributed by atoms with E-state index in [0.717, 1.165) is 17.7 Å². The summed E-state index contributed by atoms with van der Waals surface area (Å²) < 4.78 is 5.59. The molecule has 3 aliphatic rings. The van der Waals surface area contributed by atoms with Crippen LogP contribution in [0.25, 0.3) is 0 Å². The van der Waals surface area contributed by atoms with Crippen LogP contribution in [0.15, 0.2) is 36.4 Å². The molecule has 1 aromatic carbocycles. The van der Waals surface area contributed by atoms with Gasteiger partial charge >= 0.3 is 5.97 Å². The topological polar surface area (TPSA) is 66.8 Å². The van der Waals surface area contributed by atoms with Gasteiger partial charge in [0.1, 0.15) is 5.92 Å². The summed E-state index contributed by atoms with van der Waals surface area (Å²) in [7, 11) is 0. The Balaban J connectivity index is 1.67. The van der Waals surface area contributed by atoms with E-state index in [1.54, 1.807) is 11.0 Å². The van der Waals surface area contributed by atoms with Crippen molar-refractivity contribution in [3.8, 4) is 0 Å². The summed E-state index contributed by atoms with van der Waals surface area (Å²) in [5.74, 6) is -2.49. The van der Waals surface area contributed by atoms with Gasteiger partial charge in [0.25, 0.3) is 0 Å². The predicted octanol–water partition coefficient (Wildman–Crippen LogP) is 1.23. The van der Waals surface area contributed by atoms with Crippen molar-refractivity contribution in [2.75, 3.05) is 11.4 Å². The molecule has 2 bridgehead atoms. The van der Waals surface area contributed by atoms with E-state index < -0.39 is 30.0 Å². The first-order valence-electron chi connectivity index (χ1n) is 7.12. The third-order valence-corrected chi connectivity index (χ3v) is 4.62. The predicted molar refractivity (Wildman–Crippen MR) is 74.9 cm³/mol. The van der Waals surface area contributed by atoms with Gasteiger partial charge in [-0.3, -0.25) is 9.59 Å². The van der Waals surface area contributed by atoms with E-state index in [-0.39, 0.29) is 5.91 Å². The van der Waals surface area contributed by atoms with Gasteiger partial charge in [-0.05, 0) is 18.1 Å². The van der Waals surface area contributed by atoms with Crippen molar-refractivity contribution in [3.63, 3.8) is 0 Å². The van der Waals surface area contributed by atoms with Gasteiger partial charge in [0, 0.05) is 12.2 Å². The van der Waals surface area contributed by atoms with Crippen LogP contribution in [-0.4, -0.2) is 35.7 Å². The number of hydrogen-bond donors (Lipinski definition) is 1. The van der Waals surface area contributed by atoms with Crippen molar-refractivity contribution in [1.82, 2.24) is 0 Å². The molecule has 1 aromatic rings. The molecule has 21 heavy (non-hydrogen) atoms. The van der Waals surface area contributed by atoms with Gasteiger partial charge in [-0.1, -0.05) is 30.4 Å². The quantitative estimate of drug-likeness (QED) is 0.830. The number of fused-ring (bicyclic) bond motifs is 3. The fourth-order valence-electron chi connectivity index (χ4n) is 3.64. The number of nitrogens with zero attached hydrogens (tertiary/aromatic N) is 1. The first kappa shape index (κ1) is 12.6. The average molecular weight is 285 g/mol. The molecule has 3 aliphatic heterocycles. The molecule has 5 nitrogen and oxygen atoms in total. The number of carbonyl (C=O) groups is 2. The van der Waals surface area contributed by atoms with Crippen LogP contribution in [0.4, 0.5) is 5.69 Å². The molecular weight excluding hydrogens is 270 g/mol. The Hall–Kier alpha value is -2.14. The van der Waals surface area contributed by atoms with Crippen LogP contribution in [0.2, 0.25) is 0 Å². The summed E-state index contributed by atoms with van der Waals surface area (Å²) in [5, 5.41) is 9.41. The van der Waals surface area contributed by atoms with E-state index in [4.69, 9.17) is 4.74 Å². The van der Waals surface area contributed by atoms with E-state index >= 15 is 0 Å². The fourth-order valence-corrected chi connectivity index (χ4v) is 3.64. The van der Waals surface area contributed by atoms with E-state index in [9.17, 15) is 14.7 Å². The van der Waals surface area contributed by atoms with E-state index in [0.29, 0.717) is 6.54 Å². The number of anilines is 1. The number of rotatable bonds is 2. The fraction of sp³-hybridized carbons (Fsp3) is 0.375. The molecule has 0 unspecified atom stereocenters. The Labute approximate surface area is 121 Å². The first-order valence-corrected chi connectivity index (χ1v) is 7.12. The molecule has 0 aliphatic carbocycles. The van der Waals surface area contributed by atoms with Crippen molar-refractivity contribution in [2.45, 2.75) is 18.6 Å². The highest BCUT2D eigenvalue weighted by atomic mass is 16.5. The Bertz CT molecular complexity index is 653. The van der Waals surface area contributed by atoms with Crippen LogP contribution in [0, 0.1) is 11.8 Å². The molecule has 0 saturated carbocycles. The van der Waals surface area contributed by atoms with Crippen LogP contribution < -0.4 is 4.90 Å². The lowest BCUT2D eigenvalue weighted by Crippen LogP contribution is -2.44. The highest BCUT2D eigenvalue weighted by molar-refractivity contribution is 6.00. The maximum Gasteiger partial charge on any atom is 0.310 e. The van der Waals surface area contributed by atoms with Gasteiger partial charge < -0.3 is 14.7 Å². The number of benzene rings is 1. The van der Waals surface area contributed by atoms with Gasteiger partial charge in [0.15, 0.2) is 0 Å². The Morgan fingerprint density at radius 2 is 1.86 bits per heavy atom. The molecule has 0 aromatic heterocycles. The number of amides is 1. The number of carboxylic acids is 1. The molecule has 1 fully saturated rings. The zero-order valence-corrected chi connectivity index (χ0v) is 11.3. The highest BCUT2D eigenvalue weighted by Gasteiger charge is 2.54. The number of carbonyl (C=O) groups excluding carboxylic acids is 1. The summed E-state index contributed by atoms with van der Waals surface area (Å²) in [6.45, 7) is 0.613. The van der Waals surface area contributed by atoms with Crippen LogP contribution in [0.3, 0.4) is 0 Å². The van der Waals surface area contributed by atoms with E-state index in [1.807, 2.05) is 30.3 Å². The Kier molecular flexibility index (Phi) is 2.65. The maximum atomic E-state index is 12.9. The molecule has 0 radical (unpaired) electrons. The smallest absolute Gasteiger partial charge is 0.310 e. The van der Waals surface area contributed by atoms with Crippen molar-refractivity contribution >= 4 is 17.6 Å². The minimum absolute atomic E-state index is 0.135. The van der Waals surface area contributed by atoms with Gasteiger partial charge in [-0.2, -0.15) is 0 Å². The van der Waals surface area contributed by atoms with Crippen LogP contribution in [-0.2, 0) is 20.7 Å². The lowest BCUT2D eigenvalue weighted by molar-refractivity contribution is -0.146. The summed E-state index contributed by atoms with van der Waals surface area (Å²) in [5.41, 5.74) is 2.04. The van der Waals surface area contributed by atoms with Gasteiger partial charge in [0.2, 0.25) is 5.91 Å². The Morgan fingerprint density at radius 1 is 1.14 bits per heavy atom. The third kappa shape index (κ3) is 1.74. The average Bonchev–Trinajstić information content (AvgIpc) is 3.19. The minimum Gasteiger partial charge on any atom is -0.481 e. The monoisotopic (exact) mass is 285 g/mol. The van der Waals surface area contributed by atoms with Gasteiger partial charge in [-0.15, -0.1) is 0 Å². The molecule has 1 saturated heterocycles. The molecule has 1 N–H and O–H groups in total. The summed E-state index contributed by atoms with van der Waals surface area (Å²) >= 11 is 0. The van der Waals surface area contributed by atoms with Crippen molar-refractivity contribution < 1.29 is 19.4 Å². The zero-order chi connectivity index (χ0) is 14.6. The normalized spacial score (nSPS) is 32.5. The molecule has 3 heterocycles. The maximum absolute atomic E-state index is 12.9. The van der Waals surface area contributed by atoms with E-state index in [1.165, 1.54) is 0 Å². The lowest BCUT2D eigenvalue weighted by atomic mass is 9.82. The Morgan fingerprint density at radius 3 is 2.62 bits per heavy atom. The molecule has 1 amide bonds. The summed E-state index contributed by atoms with van der Waals surface area (Å²) in [6.07, 6.45) is 3.51. The molecule has 0 spiro atoms. The number of carboxylic acid groups (broad SMARTS) is 1. The molecule has 4 atom stereocenters. The molecule has 5 heteroatoms. The lowest BCUT2D eigenvalue weighted by Gasteiger charge is -2.26. The molecular formula is C16H15NO4. The van der Waals surface area contributed by atoms with Crippen molar-refractivity contribution in [3.05, 3.63) is 42.0 Å².